The zero-order valence-corrected chi connectivity index (χ0v) is 12.3. The Morgan fingerprint density at radius 3 is 2.74 bits per heavy atom. The fourth-order valence-electron chi connectivity index (χ4n) is 3.05. The zero-order valence-electron chi connectivity index (χ0n) is 12.3. The maximum absolute atomic E-state index is 5.93. The van der Waals surface area contributed by atoms with Gasteiger partial charge in [0.2, 0.25) is 0 Å². The molecule has 0 aliphatic heterocycles. The summed E-state index contributed by atoms with van der Waals surface area (Å²) in [4.78, 5) is 0. The van der Waals surface area contributed by atoms with Crippen LogP contribution in [0.2, 0.25) is 0 Å². The summed E-state index contributed by atoms with van der Waals surface area (Å²) in [6.45, 7) is 7.34. The number of ether oxygens (including phenoxy) is 1. The van der Waals surface area contributed by atoms with Crippen molar-refractivity contribution >= 4 is 11.4 Å². The van der Waals surface area contributed by atoms with E-state index in [1.54, 1.807) is 0 Å². The van der Waals surface area contributed by atoms with Gasteiger partial charge in [0, 0.05) is 29.5 Å². The Labute approximate surface area is 116 Å². The molecule has 0 radical (unpaired) electrons. The second kappa shape index (κ2) is 6.18. The highest BCUT2D eigenvalue weighted by Crippen LogP contribution is 2.32. The van der Waals surface area contributed by atoms with Crippen LogP contribution in [0, 0.1) is 11.8 Å². The lowest BCUT2D eigenvalue weighted by Crippen LogP contribution is -2.33. The number of benzene rings is 1. The maximum atomic E-state index is 5.93. The van der Waals surface area contributed by atoms with Crippen LogP contribution in [0.15, 0.2) is 18.2 Å². The molecule has 3 N–H and O–H groups in total. The summed E-state index contributed by atoms with van der Waals surface area (Å²) >= 11 is 0. The molecule has 1 saturated carbocycles. The molecule has 0 heterocycles. The summed E-state index contributed by atoms with van der Waals surface area (Å²) in [7, 11) is 0. The van der Waals surface area contributed by atoms with Crippen LogP contribution in [0.1, 0.15) is 40.0 Å². The summed E-state index contributed by atoms with van der Waals surface area (Å²) < 4.78 is 5.54. The van der Waals surface area contributed by atoms with Crippen LogP contribution >= 0.6 is 0 Å². The number of rotatable bonds is 4. The lowest BCUT2D eigenvalue weighted by molar-refractivity contribution is 0.276. The van der Waals surface area contributed by atoms with E-state index in [2.05, 4.69) is 19.2 Å². The molecule has 1 aromatic carbocycles. The molecule has 3 heteroatoms. The molecule has 19 heavy (non-hydrogen) atoms. The summed E-state index contributed by atoms with van der Waals surface area (Å²) in [5.74, 6) is 2.41. The van der Waals surface area contributed by atoms with Crippen LogP contribution < -0.4 is 15.8 Å². The number of nitrogen functional groups attached to an aromatic ring is 1. The Morgan fingerprint density at radius 1 is 1.26 bits per heavy atom. The van der Waals surface area contributed by atoms with Gasteiger partial charge in [-0.25, -0.2) is 0 Å². The van der Waals surface area contributed by atoms with Crippen molar-refractivity contribution in [2.24, 2.45) is 11.8 Å². The smallest absolute Gasteiger partial charge is 0.123 e. The molecular formula is C16H26N2O. The number of nitrogens with one attached hydrogen (secondary N) is 1. The van der Waals surface area contributed by atoms with Gasteiger partial charge in [-0.2, -0.15) is 0 Å². The van der Waals surface area contributed by atoms with Gasteiger partial charge in [0.15, 0.2) is 0 Å². The van der Waals surface area contributed by atoms with E-state index in [0.717, 1.165) is 23.0 Å². The minimum Gasteiger partial charge on any atom is -0.494 e. The fraction of sp³-hybridized carbons (Fsp3) is 0.625. The van der Waals surface area contributed by atoms with Gasteiger partial charge in [-0.1, -0.05) is 13.8 Å². The molecule has 3 nitrogen and oxygen atoms in total. The minimum atomic E-state index is 0.549. The van der Waals surface area contributed by atoms with Crippen molar-refractivity contribution in [1.82, 2.24) is 0 Å². The Bertz CT molecular complexity index is 419. The molecule has 0 spiro atoms. The normalized spacial score (nSPS) is 27.0. The molecule has 0 saturated heterocycles. The molecule has 0 bridgehead atoms. The number of hydrogen-bond acceptors (Lipinski definition) is 3. The Hall–Kier alpha value is -1.38. The van der Waals surface area contributed by atoms with Crippen molar-refractivity contribution in [3.63, 3.8) is 0 Å². The molecule has 2 rings (SSSR count). The second-order valence-electron chi connectivity index (χ2n) is 5.87. The average molecular weight is 262 g/mol. The van der Waals surface area contributed by atoms with Crippen LogP contribution in [0.4, 0.5) is 11.4 Å². The van der Waals surface area contributed by atoms with E-state index in [-0.39, 0.29) is 0 Å². The van der Waals surface area contributed by atoms with Crippen LogP contribution in [0.3, 0.4) is 0 Å². The highest BCUT2D eigenvalue weighted by Gasteiger charge is 2.25. The van der Waals surface area contributed by atoms with Crippen molar-refractivity contribution in [3.05, 3.63) is 18.2 Å². The van der Waals surface area contributed by atoms with Crippen molar-refractivity contribution in [1.29, 1.82) is 0 Å². The van der Waals surface area contributed by atoms with Gasteiger partial charge in [-0.3, -0.25) is 0 Å². The van der Waals surface area contributed by atoms with E-state index in [1.807, 2.05) is 25.1 Å². The fourth-order valence-corrected chi connectivity index (χ4v) is 3.05. The Morgan fingerprint density at radius 2 is 2.05 bits per heavy atom. The van der Waals surface area contributed by atoms with Crippen molar-refractivity contribution < 1.29 is 4.74 Å². The third-order valence-corrected chi connectivity index (χ3v) is 4.02. The van der Waals surface area contributed by atoms with Crippen molar-refractivity contribution in [2.45, 2.75) is 46.1 Å². The molecule has 1 fully saturated rings. The van der Waals surface area contributed by atoms with Crippen LogP contribution in [-0.2, 0) is 0 Å². The monoisotopic (exact) mass is 262 g/mol. The van der Waals surface area contributed by atoms with E-state index in [4.69, 9.17) is 10.5 Å². The molecule has 3 atom stereocenters. The number of anilines is 2. The quantitative estimate of drug-likeness (QED) is 0.809. The van der Waals surface area contributed by atoms with Gasteiger partial charge < -0.3 is 15.8 Å². The summed E-state index contributed by atoms with van der Waals surface area (Å²) in [6.07, 6.45) is 3.85. The summed E-state index contributed by atoms with van der Waals surface area (Å²) in [6, 6.07) is 6.46. The first-order valence-corrected chi connectivity index (χ1v) is 7.38. The first-order valence-electron chi connectivity index (χ1n) is 7.38. The predicted molar refractivity (Wildman–Crippen MR) is 81.6 cm³/mol. The van der Waals surface area contributed by atoms with Gasteiger partial charge in [0.05, 0.1) is 6.61 Å². The largest absolute Gasteiger partial charge is 0.494 e. The molecule has 1 aromatic rings. The molecule has 3 unspecified atom stereocenters. The highest BCUT2D eigenvalue weighted by molar-refractivity contribution is 5.59. The van der Waals surface area contributed by atoms with Crippen LogP contribution in [-0.4, -0.2) is 12.6 Å². The standard InChI is InChI=1S/C16H26N2O/c1-4-19-15-9-13(17)8-14(10-15)18-16-6-5-11(2)7-12(16)3/h8-12,16,18H,4-7,17H2,1-3H3. The maximum Gasteiger partial charge on any atom is 0.123 e. The lowest BCUT2D eigenvalue weighted by atomic mass is 9.80. The Balaban J connectivity index is 2.05. The van der Waals surface area contributed by atoms with Crippen molar-refractivity contribution in [3.8, 4) is 5.75 Å². The van der Waals surface area contributed by atoms with E-state index in [0.29, 0.717) is 18.6 Å². The zero-order chi connectivity index (χ0) is 13.8. The molecular weight excluding hydrogens is 236 g/mol. The predicted octanol–water partition coefficient (Wildman–Crippen LogP) is 3.90. The van der Waals surface area contributed by atoms with Crippen LogP contribution in [0.5, 0.6) is 5.75 Å². The van der Waals surface area contributed by atoms with Crippen LogP contribution in [0.25, 0.3) is 0 Å². The highest BCUT2D eigenvalue weighted by atomic mass is 16.5. The molecule has 0 amide bonds. The lowest BCUT2D eigenvalue weighted by Gasteiger charge is -2.34. The number of nitrogens with two attached hydrogens (primary N) is 1. The minimum absolute atomic E-state index is 0.549. The topological polar surface area (TPSA) is 47.3 Å². The SMILES string of the molecule is CCOc1cc(N)cc(NC2CCC(C)CC2C)c1. The van der Waals surface area contributed by atoms with Gasteiger partial charge >= 0.3 is 0 Å². The van der Waals surface area contributed by atoms with Crippen molar-refractivity contribution in [2.75, 3.05) is 17.7 Å². The molecule has 0 aromatic heterocycles. The van der Waals surface area contributed by atoms with E-state index in [1.165, 1.54) is 19.3 Å². The van der Waals surface area contributed by atoms with Gasteiger partial charge in [-0.05, 0) is 44.1 Å². The van der Waals surface area contributed by atoms with E-state index >= 15 is 0 Å². The first-order chi connectivity index (χ1) is 9.08. The molecule has 1 aliphatic carbocycles. The first kappa shape index (κ1) is 14.0. The third kappa shape index (κ3) is 3.79. The van der Waals surface area contributed by atoms with Gasteiger partial charge in [-0.15, -0.1) is 0 Å². The molecule has 1 aliphatic rings. The van der Waals surface area contributed by atoms with E-state index < -0.39 is 0 Å². The van der Waals surface area contributed by atoms with Gasteiger partial charge in [0.1, 0.15) is 5.75 Å². The second-order valence-corrected chi connectivity index (χ2v) is 5.87. The third-order valence-electron chi connectivity index (χ3n) is 4.02. The summed E-state index contributed by atoms with van der Waals surface area (Å²) in [5.41, 5.74) is 7.76. The molecule has 106 valence electrons. The average Bonchev–Trinajstić information content (AvgIpc) is 2.32. The summed E-state index contributed by atoms with van der Waals surface area (Å²) in [5, 5.41) is 3.63. The Kier molecular flexibility index (Phi) is 4.56. The van der Waals surface area contributed by atoms with E-state index in [9.17, 15) is 0 Å². The number of hydrogen-bond donors (Lipinski definition) is 2. The van der Waals surface area contributed by atoms with Gasteiger partial charge in [0.25, 0.3) is 0 Å².